The van der Waals surface area contributed by atoms with Crippen molar-refractivity contribution in [1.29, 1.82) is 0 Å². The molecule has 0 heterocycles. The van der Waals surface area contributed by atoms with E-state index < -0.39 is 30.6 Å². The number of hydrogen-bond donors (Lipinski definition) is 4. The van der Waals surface area contributed by atoms with Crippen LogP contribution in [0.4, 0.5) is 29.3 Å². The number of amides is 4. The summed E-state index contributed by atoms with van der Waals surface area (Å²) in [4.78, 5) is 36.8. The summed E-state index contributed by atoms with van der Waals surface area (Å²) in [5, 5.41) is 9.68. The Morgan fingerprint density at radius 2 is 1.61 bits per heavy atom. The smallest absolute Gasteiger partial charge is 0.343 e. The van der Waals surface area contributed by atoms with Gasteiger partial charge >= 0.3 is 12.2 Å². The fraction of sp³-hybridized carbons (Fsp3) is 0.286. The largest absolute Gasteiger partial charge is 0.405 e. The van der Waals surface area contributed by atoms with Gasteiger partial charge in [-0.1, -0.05) is 18.2 Å². The van der Waals surface area contributed by atoms with Gasteiger partial charge in [0.1, 0.15) is 6.54 Å². The Kier molecular flexibility index (Phi) is 7.62. The molecule has 31 heavy (non-hydrogen) atoms. The molecule has 4 N–H and O–H groups in total. The number of benzene rings is 2. The molecule has 0 radical (unpaired) electrons. The molecule has 0 aromatic heterocycles. The first-order chi connectivity index (χ1) is 14.5. The summed E-state index contributed by atoms with van der Waals surface area (Å²) in [6.07, 6.45) is -4.53. The quantitative estimate of drug-likeness (QED) is 0.549. The molecule has 0 bridgehead atoms. The van der Waals surface area contributed by atoms with Crippen LogP contribution in [0.2, 0.25) is 0 Å². The number of anilines is 2. The number of urea groups is 1. The van der Waals surface area contributed by atoms with Crippen LogP contribution >= 0.6 is 0 Å². The lowest BCUT2D eigenvalue weighted by molar-refractivity contribution is -0.123. The predicted octanol–water partition coefficient (Wildman–Crippen LogP) is 4.07. The van der Waals surface area contributed by atoms with E-state index in [0.717, 1.165) is 0 Å². The lowest BCUT2D eigenvalue weighted by atomic mass is 10.1. The van der Waals surface area contributed by atoms with E-state index in [4.69, 9.17) is 0 Å². The van der Waals surface area contributed by atoms with E-state index in [9.17, 15) is 27.6 Å². The maximum atomic E-state index is 12.8. The molecule has 0 saturated carbocycles. The van der Waals surface area contributed by atoms with Crippen LogP contribution in [0.25, 0.3) is 0 Å². The van der Waals surface area contributed by atoms with Crippen LogP contribution in [-0.4, -0.2) is 36.6 Å². The van der Waals surface area contributed by atoms with Crippen LogP contribution in [-0.2, 0) is 0 Å². The third-order valence-electron chi connectivity index (χ3n) is 4.04. The Labute approximate surface area is 177 Å². The summed E-state index contributed by atoms with van der Waals surface area (Å²) in [5.74, 6) is -1.48. The minimum atomic E-state index is -4.53. The zero-order valence-corrected chi connectivity index (χ0v) is 17.2. The summed E-state index contributed by atoms with van der Waals surface area (Å²) in [6.45, 7) is 3.80. The SMILES string of the molecule is Cc1ccc(C(=O)NCC(F)(F)F)cc1NC(=O)c1ccccc1NC(=O)NC(C)C. The van der Waals surface area contributed by atoms with Crippen LogP contribution in [0.1, 0.15) is 40.1 Å². The van der Waals surface area contributed by atoms with Crippen molar-refractivity contribution in [2.24, 2.45) is 0 Å². The van der Waals surface area contributed by atoms with Crippen LogP contribution < -0.4 is 21.3 Å². The number of halogens is 3. The first kappa shape index (κ1) is 23.7. The Morgan fingerprint density at radius 1 is 0.935 bits per heavy atom. The molecule has 0 saturated heterocycles. The molecule has 0 atom stereocenters. The van der Waals surface area contributed by atoms with Gasteiger partial charge in [-0.3, -0.25) is 9.59 Å². The number of para-hydroxylation sites is 1. The fourth-order valence-corrected chi connectivity index (χ4v) is 2.58. The first-order valence-corrected chi connectivity index (χ1v) is 9.40. The molecular weight excluding hydrogens is 413 g/mol. The number of aryl methyl sites for hydroxylation is 1. The van der Waals surface area contributed by atoms with E-state index in [1.165, 1.54) is 24.3 Å². The van der Waals surface area contributed by atoms with Crippen molar-refractivity contribution in [2.45, 2.75) is 33.0 Å². The first-order valence-electron chi connectivity index (χ1n) is 9.40. The molecule has 0 spiro atoms. The van der Waals surface area contributed by atoms with E-state index >= 15 is 0 Å². The summed E-state index contributed by atoms with van der Waals surface area (Å²) < 4.78 is 37.0. The number of nitrogens with one attached hydrogen (secondary N) is 4. The van der Waals surface area contributed by atoms with Gasteiger partial charge in [-0.25, -0.2) is 4.79 Å². The van der Waals surface area contributed by atoms with E-state index in [1.54, 1.807) is 44.3 Å². The summed E-state index contributed by atoms with van der Waals surface area (Å²) in [7, 11) is 0. The van der Waals surface area contributed by atoms with Gasteiger partial charge < -0.3 is 21.3 Å². The van der Waals surface area contributed by atoms with Gasteiger partial charge in [0, 0.05) is 17.3 Å². The second kappa shape index (κ2) is 9.96. The van der Waals surface area contributed by atoms with E-state index in [0.29, 0.717) is 5.56 Å². The average molecular weight is 436 g/mol. The van der Waals surface area contributed by atoms with Crippen molar-refractivity contribution in [1.82, 2.24) is 10.6 Å². The fourth-order valence-electron chi connectivity index (χ4n) is 2.58. The number of carbonyl (C=O) groups excluding carboxylic acids is 3. The van der Waals surface area contributed by atoms with Crippen LogP contribution in [0, 0.1) is 6.92 Å². The van der Waals surface area contributed by atoms with Gasteiger partial charge in [-0.15, -0.1) is 0 Å². The molecule has 2 aromatic rings. The minimum Gasteiger partial charge on any atom is -0.343 e. The molecule has 0 fully saturated rings. The van der Waals surface area contributed by atoms with E-state index in [-0.39, 0.29) is 28.5 Å². The Balaban J connectivity index is 2.19. The van der Waals surface area contributed by atoms with Gasteiger partial charge in [0.15, 0.2) is 0 Å². The normalized spacial score (nSPS) is 11.1. The lowest BCUT2D eigenvalue weighted by Crippen LogP contribution is -2.34. The summed E-state index contributed by atoms with van der Waals surface area (Å²) >= 11 is 0. The molecule has 2 rings (SSSR count). The van der Waals surface area contributed by atoms with Crippen LogP contribution in [0.3, 0.4) is 0 Å². The number of alkyl halides is 3. The van der Waals surface area contributed by atoms with Crippen molar-refractivity contribution in [2.75, 3.05) is 17.2 Å². The third kappa shape index (κ3) is 7.32. The Morgan fingerprint density at radius 3 is 2.26 bits per heavy atom. The molecule has 0 unspecified atom stereocenters. The highest BCUT2D eigenvalue weighted by atomic mass is 19.4. The van der Waals surface area contributed by atoms with E-state index in [1.807, 2.05) is 0 Å². The van der Waals surface area contributed by atoms with Gasteiger partial charge in [0.2, 0.25) is 0 Å². The molecule has 166 valence electrons. The highest BCUT2D eigenvalue weighted by Gasteiger charge is 2.28. The van der Waals surface area contributed by atoms with Crippen molar-refractivity contribution >= 4 is 29.2 Å². The lowest BCUT2D eigenvalue weighted by Gasteiger charge is -2.15. The molecule has 2 aromatic carbocycles. The summed E-state index contributed by atoms with van der Waals surface area (Å²) in [5.41, 5.74) is 1.27. The number of carbonyl (C=O) groups is 3. The molecule has 0 aliphatic rings. The minimum absolute atomic E-state index is 0.0344. The number of hydrogen-bond acceptors (Lipinski definition) is 3. The van der Waals surface area contributed by atoms with Gasteiger partial charge in [0.05, 0.1) is 11.3 Å². The second-order valence-corrected chi connectivity index (χ2v) is 7.08. The molecular formula is C21H23F3N4O3. The van der Waals surface area contributed by atoms with Crippen LogP contribution in [0.5, 0.6) is 0 Å². The topological polar surface area (TPSA) is 99.3 Å². The standard InChI is InChI=1S/C21H23F3N4O3/c1-12(2)26-20(31)28-16-7-5-4-6-15(16)19(30)27-17-10-14(9-8-13(17)3)18(29)25-11-21(22,23)24/h4-10,12H,11H2,1-3H3,(H,25,29)(H,27,30)(H2,26,28,31). The van der Waals surface area contributed by atoms with Crippen molar-refractivity contribution in [3.63, 3.8) is 0 Å². The van der Waals surface area contributed by atoms with Gasteiger partial charge in [-0.2, -0.15) is 13.2 Å². The maximum absolute atomic E-state index is 12.8. The highest BCUT2D eigenvalue weighted by Crippen LogP contribution is 2.21. The predicted molar refractivity (Wildman–Crippen MR) is 111 cm³/mol. The highest BCUT2D eigenvalue weighted by molar-refractivity contribution is 6.10. The molecule has 0 aliphatic carbocycles. The Bertz CT molecular complexity index is 975. The Hall–Kier alpha value is -3.56. The molecule has 10 heteroatoms. The van der Waals surface area contributed by atoms with Crippen molar-refractivity contribution in [3.05, 3.63) is 59.2 Å². The van der Waals surface area contributed by atoms with Crippen molar-refractivity contribution < 1.29 is 27.6 Å². The third-order valence-corrected chi connectivity index (χ3v) is 4.04. The molecule has 7 nitrogen and oxygen atoms in total. The molecule has 4 amide bonds. The zero-order valence-electron chi connectivity index (χ0n) is 17.2. The maximum Gasteiger partial charge on any atom is 0.405 e. The van der Waals surface area contributed by atoms with Gasteiger partial charge in [0.25, 0.3) is 11.8 Å². The second-order valence-electron chi connectivity index (χ2n) is 7.08. The van der Waals surface area contributed by atoms with Gasteiger partial charge in [-0.05, 0) is 50.6 Å². The van der Waals surface area contributed by atoms with Crippen molar-refractivity contribution in [3.8, 4) is 0 Å². The zero-order chi connectivity index (χ0) is 23.2. The monoisotopic (exact) mass is 436 g/mol. The van der Waals surface area contributed by atoms with Crippen LogP contribution in [0.15, 0.2) is 42.5 Å². The summed E-state index contributed by atoms with van der Waals surface area (Å²) in [6, 6.07) is 9.93. The number of rotatable bonds is 6. The van der Waals surface area contributed by atoms with E-state index in [2.05, 4.69) is 16.0 Å². The molecule has 0 aliphatic heterocycles. The average Bonchev–Trinajstić information content (AvgIpc) is 2.67.